The van der Waals surface area contributed by atoms with Crippen LogP contribution in [-0.4, -0.2) is 28.8 Å². The zero-order valence-electron chi connectivity index (χ0n) is 13.0. The first-order valence-electron chi connectivity index (χ1n) is 7.71. The molecule has 1 saturated carbocycles. The van der Waals surface area contributed by atoms with Crippen molar-refractivity contribution in [1.82, 2.24) is 5.16 Å². The van der Waals surface area contributed by atoms with Gasteiger partial charge in [-0.05, 0) is 32.8 Å². The molecule has 1 fully saturated rings. The normalized spacial score (nSPS) is 25.9. The number of hydrogen-bond donors (Lipinski definition) is 0. The highest BCUT2D eigenvalue weighted by Gasteiger charge is 2.43. The number of esters is 1. The fraction of sp³-hybridized carbons (Fsp3) is 0.500. The molecule has 2 atom stereocenters. The number of nitrogens with zero attached hydrogens (tertiary/aromatic N) is 3. The maximum atomic E-state index is 12.5. The number of dihydropyridines is 1. The number of ether oxygens (including phenoxy) is 1. The van der Waals surface area contributed by atoms with Crippen LogP contribution in [0.4, 0.5) is 0 Å². The van der Waals surface area contributed by atoms with Gasteiger partial charge in [0, 0.05) is 17.7 Å². The summed E-state index contributed by atoms with van der Waals surface area (Å²) in [6.45, 7) is 3.71. The van der Waals surface area contributed by atoms with E-state index in [4.69, 9.17) is 14.1 Å². The van der Waals surface area contributed by atoms with Crippen molar-refractivity contribution < 1.29 is 18.9 Å². The summed E-state index contributed by atoms with van der Waals surface area (Å²) in [6, 6.07) is 1.74. The number of aryl methyl sites for hydroxylation is 1. The number of fused-ring (bicyclic) bond motifs is 1. The largest absolute Gasteiger partial charge is 0.456 e. The number of aromatic nitrogens is 1. The van der Waals surface area contributed by atoms with Gasteiger partial charge < -0.3 is 14.1 Å². The van der Waals surface area contributed by atoms with E-state index in [0.29, 0.717) is 22.9 Å². The van der Waals surface area contributed by atoms with Crippen LogP contribution in [0.15, 0.2) is 32.4 Å². The van der Waals surface area contributed by atoms with Crippen LogP contribution in [0.2, 0.25) is 0 Å². The standard InChI is InChI=1S/C16H17N3O4/c1-8-5-11(19-22-8)7-21-16(20)12-6-13(10-3-4-10)17-15-14(12)9(2)18-23-15/h5-6,10,14-15H,3-4,7H2,1-2H3. The second-order valence-corrected chi connectivity index (χ2v) is 6.14. The summed E-state index contributed by atoms with van der Waals surface area (Å²) in [7, 11) is 0. The molecule has 4 rings (SSSR count). The minimum absolute atomic E-state index is 0.0812. The summed E-state index contributed by atoms with van der Waals surface area (Å²) in [5.41, 5.74) is 2.81. The van der Waals surface area contributed by atoms with Gasteiger partial charge in [-0.1, -0.05) is 10.3 Å². The van der Waals surface area contributed by atoms with E-state index in [0.717, 1.165) is 24.3 Å². The molecular weight excluding hydrogens is 298 g/mol. The van der Waals surface area contributed by atoms with Crippen molar-refractivity contribution in [2.75, 3.05) is 0 Å². The number of carbonyl (C=O) groups is 1. The van der Waals surface area contributed by atoms with Crippen LogP contribution in [-0.2, 0) is 21.0 Å². The van der Waals surface area contributed by atoms with Crippen molar-refractivity contribution in [1.29, 1.82) is 0 Å². The van der Waals surface area contributed by atoms with Crippen LogP contribution >= 0.6 is 0 Å². The highest BCUT2D eigenvalue weighted by molar-refractivity contribution is 6.09. The van der Waals surface area contributed by atoms with E-state index in [1.54, 1.807) is 13.0 Å². The number of rotatable bonds is 4. The smallest absolute Gasteiger partial charge is 0.335 e. The van der Waals surface area contributed by atoms with Gasteiger partial charge in [-0.2, -0.15) is 0 Å². The molecule has 1 aromatic heterocycles. The molecule has 0 radical (unpaired) electrons. The van der Waals surface area contributed by atoms with Crippen LogP contribution in [0.5, 0.6) is 0 Å². The molecule has 0 spiro atoms. The SMILES string of the molecule is CC1=NOC2N=C(C3CC3)C=C(C(=O)OCc3cc(C)on3)C12. The maximum Gasteiger partial charge on any atom is 0.335 e. The third-order valence-electron chi connectivity index (χ3n) is 4.21. The van der Waals surface area contributed by atoms with Crippen LogP contribution in [0, 0.1) is 18.8 Å². The average molecular weight is 315 g/mol. The van der Waals surface area contributed by atoms with Gasteiger partial charge in [-0.15, -0.1) is 0 Å². The molecule has 23 heavy (non-hydrogen) atoms. The lowest BCUT2D eigenvalue weighted by Crippen LogP contribution is -2.32. The van der Waals surface area contributed by atoms with Crippen LogP contribution in [0.1, 0.15) is 31.2 Å². The van der Waals surface area contributed by atoms with Crippen molar-refractivity contribution >= 4 is 17.4 Å². The zero-order chi connectivity index (χ0) is 16.0. The lowest BCUT2D eigenvalue weighted by Gasteiger charge is -2.22. The molecule has 0 amide bonds. The Kier molecular flexibility index (Phi) is 3.28. The van der Waals surface area contributed by atoms with Crippen LogP contribution in [0.3, 0.4) is 0 Å². The first-order chi connectivity index (χ1) is 11.1. The minimum atomic E-state index is -0.438. The summed E-state index contributed by atoms with van der Waals surface area (Å²) < 4.78 is 10.4. The van der Waals surface area contributed by atoms with Gasteiger partial charge in [0.25, 0.3) is 0 Å². The van der Waals surface area contributed by atoms with Gasteiger partial charge in [0.15, 0.2) is 0 Å². The van der Waals surface area contributed by atoms with Crippen molar-refractivity contribution in [3.8, 4) is 0 Å². The van der Waals surface area contributed by atoms with Gasteiger partial charge in [0.05, 0.1) is 17.2 Å². The lowest BCUT2D eigenvalue weighted by molar-refractivity contribution is -0.141. The number of oxime groups is 1. The average Bonchev–Trinajstić information content (AvgIpc) is 3.22. The lowest BCUT2D eigenvalue weighted by atomic mass is 9.89. The number of hydrogen-bond acceptors (Lipinski definition) is 7. The molecular formula is C16H17N3O4. The number of aliphatic imine (C=N–C) groups is 1. The number of allylic oxidation sites excluding steroid dienone is 1. The van der Waals surface area contributed by atoms with Crippen molar-refractivity contribution in [3.05, 3.63) is 29.2 Å². The van der Waals surface area contributed by atoms with E-state index in [1.165, 1.54) is 0 Å². The third-order valence-corrected chi connectivity index (χ3v) is 4.21. The first-order valence-corrected chi connectivity index (χ1v) is 7.71. The van der Waals surface area contributed by atoms with Gasteiger partial charge in [0.2, 0.25) is 6.23 Å². The summed E-state index contributed by atoms with van der Waals surface area (Å²) in [5, 5.41) is 7.81. The Hall–Kier alpha value is -2.44. The Balaban J connectivity index is 1.53. The first kappa shape index (κ1) is 14.2. The highest BCUT2D eigenvalue weighted by atomic mass is 16.7. The Morgan fingerprint density at radius 3 is 2.91 bits per heavy atom. The molecule has 1 aliphatic carbocycles. The van der Waals surface area contributed by atoms with E-state index in [-0.39, 0.29) is 18.5 Å². The second kappa shape index (κ2) is 5.33. The molecule has 2 aliphatic heterocycles. The summed E-state index contributed by atoms with van der Waals surface area (Å²) in [6.07, 6.45) is 3.62. The Bertz CT molecular complexity index is 742. The molecule has 0 N–H and O–H groups in total. The highest BCUT2D eigenvalue weighted by Crippen LogP contribution is 2.38. The molecule has 2 unspecified atom stereocenters. The molecule has 120 valence electrons. The van der Waals surface area contributed by atoms with E-state index < -0.39 is 6.23 Å². The third kappa shape index (κ3) is 2.67. The maximum absolute atomic E-state index is 12.5. The summed E-state index contributed by atoms with van der Waals surface area (Å²) in [4.78, 5) is 22.5. The van der Waals surface area contributed by atoms with Gasteiger partial charge in [-0.3, -0.25) is 0 Å². The Morgan fingerprint density at radius 1 is 1.39 bits per heavy atom. The van der Waals surface area contributed by atoms with Gasteiger partial charge >= 0.3 is 5.97 Å². The van der Waals surface area contributed by atoms with E-state index in [2.05, 4.69) is 15.3 Å². The molecule has 7 nitrogen and oxygen atoms in total. The van der Waals surface area contributed by atoms with E-state index >= 15 is 0 Å². The summed E-state index contributed by atoms with van der Waals surface area (Å²) >= 11 is 0. The van der Waals surface area contributed by atoms with E-state index in [1.807, 2.05) is 13.0 Å². The fourth-order valence-corrected chi connectivity index (χ4v) is 2.87. The van der Waals surface area contributed by atoms with Crippen LogP contribution in [0.25, 0.3) is 0 Å². The van der Waals surface area contributed by atoms with Gasteiger partial charge in [0.1, 0.15) is 18.1 Å². The molecule has 0 saturated heterocycles. The quantitative estimate of drug-likeness (QED) is 0.795. The molecule has 0 aromatic carbocycles. The molecule has 0 bridgehead atoms. The zero-order valence-corrected chi connectivity index (χ0v) is 13.0. The van der Waals surface area contributed by atoms with Crippen molar-refractivity contribution in [2.24, 2.45) is 22.0 Å². The number of carbonyl (C=O) groups excluding carboxylic acids is 1. The Morgan fingerprint density at radius 2 is 2.22 bits per heavy atom. The van der Waals surface area contributed by atoms with Crippen molar-refractivity contribution in [3.63, 3.8) is 0 Å². The molecule has 3 heterocycles. The van der Waals surface area contributed by atoms with Gasteiger partial charge in [-0.25, -0.2) is 9.79 Å². The van der Waals surface area contributed by atoms with E-state index in [9.17, 15) is 4.79 Å². The second-order valence-electron chi connectivity index (χ2n) is 6.14. The van der Waals surface area contributed by atoms with Crippen LogP contribution < -0.4 is 0 Å². The molecule has 3 aliphatic rings. The summed E-state index contributed by atoms with van der Waals surface area (Å²) in [5.74, 6) is 0.475. The fourth-order valence-electron chi connectivity index (χ4n) is 2.87. The molecule has 1 aromatic rings. The Labute approximate surface area is 133 Å². The van der Waals surface area contributed by atoms with Crippen molar-refractivity contribution in [2.45, 2.75) is 39.5 Å². The minimum Gasteiger partial charge on any atom is -0.456 e. The monoisotopic (exact) mass is 315 g/mol. The predicted octanol–water partition coefficient (Wildman–Crippen LogP) is 2.17. The predicted molar refractivity (Wildman–Crippen MR) is 80.8 cm³/mol. The molecule has 7 heteroatoms. The topological polar surface area (TPSA) is 86.3 Å².